The van der Waals surface area contributed by atoms with Gasteiger partial charge < -0.3 is 5.32 Å². The standard InChI is InChI=1S/C17H12BrClN2OS/c1-10-15(16(22)21-14-8-3-2-7-13(14)18)23-17(20-10)11-5-4-6-12(19)9-11/h2-9H,1H3,(H,21,22). The van der Waals surface area contributed by atoms with Crippen molar-refractivity contribution in [3.63, 3.8) is 0 Å². The van der Waals surface area contributed by atoms with Crippen LogP contribution in [0.3, 0.4) is 0 Å². The zero-order valence-corrected chi connectivity index (χ0v) is 15.3. The summed E-state index contributed by atoms with van der Waals surface area (Å²) in [6, 6.07) is 14.9. The molecule has 1 N–H and O–H groups in total. The van der Waals surface area contributed by atoms with Crippen LogP contribution in [0, 0.1) is 6.92 Å². The number of amides is 1. The van der Waals surface area contributed by atoms with Gasteiger partial charge in [-0.3, -0.25) is 4.79 Å². The quantitative estimate of drug-likeness (QED) is 0.597. The number of nitrogens with one attached hydrogen (secondary N) is 1. The predicted molar refractivity (Wildman–Crippen MR) is 99.4 cm³/mol. The summed E-state index contributed by atoms with van der Waals surface area (Å²) in [5, 5.41) is 4.33. The first-order valence-electron chi connectivity index (χ1n) is 6.84. The van der Waals surface area contributed by atoms with E-state index in [9.17, 15) is 4.79 Å². The third-order valence-corrected chi connectivity index (χ3v) is 5.33. The van der Waals surface area contributed by atoms with Gasteiger partial charge in [-0.15, -0.1) is 11.3 Å². The molecule has 3 aromatic rings. The van der Waals surface area contributed by atoms with E-state index in [1.165, 1.54) is 11.3 Å². The first kappa shape index (κ1) is 16.2. The van der Waals surface area contributed by atoms with Crippen LogP contribution < -0.4 is 5.32 Å². The Morgan fingerprint density at radius 1 is 1.22 bits per heavy atom. The normalized spacial score (nSPS) is 10.6. The molecule has 1 heterocycles. The molecule has 0 aliphatic carbocycles. The molecular weight excluding hydrogens is 396 g/mol. The van der Waals surface area contributed by atoms with Crippen molar-refractivity contribution in [1.82, 2.24) is 4.98 Å². The van der Waals surface area contributed by atoms with Crippen LogP contribution in [0.5, 0.6) is 0 Å². The molecule has 0 aliphatic heterocycles. The molecule has 23 heavy (non-hydrogen) atoms. The van der Waals surface area contributed by atoms with Crippen LogP contribution in [0.15, 0.2) is 53.0 Å². The maximum atomic E-state index is 12.5. The first-order valence-corrected chi connectivity index (χ1v) is 8.82. The fourth-order valence-electron chi connectivity index (χ4n) is 2.09. The number of benzene rings is 2. The van der Waals surface area contributed by atoms with Gasteiger partial charge in [-0.25, -0.2) is 4.98 Å². The molecule has 0 spiro atoms. The summed E-state index contributed by atoms with van der Waals surface area (Å²) < 4.78 is 0.839. The second kappa shape index (κ2) is 6.83. The Bertz CT molecular complexity index is 879. The molecule has 0 bridgehead atoms. The van der Waals surface area contributed by atoms with E-state index >= 15 is 0 Å². The summed E-state index contributed by atoms with van der Waals surface area (Å²) in [4.78, 5) is 17.6. The zero-order chi connectivity index (χ0) is 16.4. The minimum absolute atomic E-state index is 0.167. The monoisotopic (exact) mass is 406 g/mol. The second-order valence-corrected chi connectivity index (χ2v) is 7.17. The number of halogens is 2. The van der Waals surface area contributed by atoms with Crippen molar-refractivity contribution >= 4 is 50.5 Å². The molecule has 3 nitrogen and oxygen atoms in total. The number of rotatable bonds is 3. The van der Waals surface area contributed by atoms with E-state index in [-0.39, 0.29) is 5.91 Å². The molecular formula is C17H12BrClN2OS. The molecule has 0 atom stereocenters. The van der Waals surface area contributed by atoms with Gasteiger partial charge >= 0.3 is 0 Å². The number of carbonyl (C=O) groups excluding carboxylic acids is 1. The number of para-hydroxylation sites is 1. The molecule has 0 radical (unpaired) electrons. The number of carbonyl (C=O) groups is 1. The van der Waals surface area contributed by atoms with E-state index in [1.54, 1.807) is 0 Å². The fourth-order valence-corrected chi connectivity index (χ4v) is 3.63. The highest BCUT2D eigenvalue weighted by Gasteiger charge is 2.17. The van der Waals surface area contributed by atoms with E-state index < -0.39 is 0 Å². The summed E-state index contributed by atoms with van der Waals surface area (Å²) in [5.74, 6) is -0.167. The smallest absolute Gasteiger partial charge is 0.267 e. The van der Waals surface area contributed by atoms with E-state index in [0.717, 1.165) is 20.7 Å². The van der Waals surface area contributed by atoms with Gasteiger partial charge in [0.1, 0.15) is 9.88 Å². The van der Waals surface area contributed by atoms with Gasteiger partial charge in [0.15, 0.2) is 0 Å². The lowest BCUT2D eigenvalue weighted by Crippen LogP contribution is -2.11. The van der Waals surface area contributed by atoms with Gasteiger partial charge in [-0.1, -0.05) is 35.9 Å². The van der Waals surface area contributed by atoms with E-state index in [2.05, 4.69) is 26.2 Å². The van der Waals surface area contributed by atoms with E-state index in [0.29, 0.717) is 15.6 Å². The van der Waals surface area contributed by atoms with Gasteiger partial charge in [-0.05, 0) is 47.1 Å². The van der Waals surface area contributed by atoms with Crippen LogP contribution in [0.2, 0.25) is 5.02 Å². The molecule has 116 valence electrons. The molecule has 0 saturated heterocycles. The lowest BCUT2D eigenvalue weighted by atomic mass is 10.2. The lowest BCUT2D eigenvalue weighted by Gasteiger charge is -2.05. The molecule has 2 aromatic carbocycles. The van der Waals surface area contributed by atoms with Crippen molar-refractivity contribution in [1.29, 1.82) is 0 Å². The Hall–Kier alpha value is -1.69. The summed E-state index contributed by atoms with van der Waals surface area (Å²) in [6.45, 7) is 1.83. The maximum absolute atomic E-state index is 12.5. The average molecular weight is 408 g/mol. The van der Waals surface area contributed by atoms with Crippen LogP contribution in [0.1, 0.15) is 15.4 Å². The Labute approximate surface area is 151 Å². The third kappa shape index (κ3) is 3.63. The Balaban J connectivity index is 1.89. The minimum Gasteiger partial charge on any atom is -0.320 e. The van der Waals surface area contributed by atoms with Crippen molar-refractivity contribution in [2.45, 2.75) is 6.92 Å². The topological polar surface area (TPSA) is 42.0 Å². The molecule has 6 heteroatoms. The van der Waals surface area contributed by atoms with Crippen molar-refractivity contribution < 1.29 is 4.79 Å². The fraction of sp³-hybridized carbons (Fsp3) is 0.0588. The summed E-state index contributed by atoms with van der Waals surface area (Å²) >= 11 is 10.8. The summed E-state index contributed by atoms with van der Waals surface area (Å²) in [6.07, 6.45) is 0. The number of aromatic nitrogens is 1. The third-order valence-electron chi connectivity index (χ3n) is 3.20. The summed E-state index contributed by atoms with van der Waals surface area (Å²) in [7, 11) is 0. The van der Waals surface area contributed by atoms with E-state index in [4.69, 9.17) is 11.6 Å². The Morgan fingerprint density at radius 3 is 2.74 bits per heavy atom. The molecule has 0 aliphatic rings. The van der Waals surface area contributed by atoms with Crippen LogP contribution in [0.25, 0.3) is 10.6 Å². The molecule has 0 saturated carbocycles. The van der Waals surface area contributed by atoms with Gasteiger partial charge in [-0.2, -0.15) is 0 Å². The van der Waals surface area contributed by atoms with Gasteiger partial charge in [0.05, 0.1) is 11.4 Å². The largest absolute Gasteiger partial charge is 0.320 e. The number of nitrogens with zero attached hydrogens (tertiary/aromatic N) is 1. The van der Waals surface area contributed by atoms with Crippen molar-refractivity contribution in [2.75, 3.05) is 5.32 Å². The number of thiazole rings is 1. The van der Waals surface area contributed by atoms with Crippen molar-refractivity contribution in [2.24, 2.45) is 0 Å². The zero-order valence-electron chi connectivity index (χ0n) is 12.1. The van der Waals surface area contributed by atoms with Gasteiger partial charge in [0.2, 0.25) is 0 Å². The highest BCUT2D eigenvalue weighted by atomic mass is 79.9. The van der Waals surface area contributed by atoms with Crippen LogP contribution in [-0.4, -0.2) is 10.9 Å². The Kier molecular flexibility index (Phi) is 4.80. The van der Waals surface area contributed by atoms with Crippen LogP contribution >= 0.6 is 38.9 Å². The SMILES string of the molecule is Cc1nc(-c2cccc(Cl)c2)sc1C(=O)Nc1ccccc1Br. The highest BCUT2D eigenvalue weighted by Crippen LogP contribution is 2.30. The highest BCUT2D eigenvalue weighted by molar-refractivity contribution is 9.10. The predicted octanol–water partition coefficient (Wildman–Crippen LogP) is 5.79. The molecule has 1 aromatic heterocycles. The molecule has 1 amide bonds. The van der Waals surface area contributed by atoms with E-state index in [1.807, 2.05) is 55.5 Å². The maximum Gasteiger partial charge on any atom is 0.267 e. The van der Waals surface area contributed by atoms with Crippen LogP contribution in [-0.2, 0) is 0 Å². The number of aryl methyl sites for hydroxylation is 1. The molecule has 3 rings (SSSR count). The molecule has 0 fully saturated rings. The number of hydrogen-bond acceptors (Lipinski definition) is 3. The first-order chi connectivity index (χ1) is 11.0. The minimum atomic E-state index is -0.167. The molecule has 0 unspecified atom stereocenters. The van der Waals surface area contributed by atoms with Crippen molar-refractivity contribution in [3.8, 4) is 10.6 Å². The number of anilines is 1. The van der Waals surface area contributed by atoms with Gasteiger partial charge in [0.25, 0.3) is 5.91 Å². The van der Waals surface area contributed by atoms with Gasteiger partial charge in [0, 0.05) is 15.1 Å². The average Bonchev–Trinajstić information content (AvgIpc) is 2.92. The Morgan fingerprint density at radius 2 is 2.00 bits per heavy atom. The van der Waals surface area contributed by atoms with Crippen molar-refractivity contribution in [3.05, 3.63) is 68.6 Å². The van der Waals surface area contributed by atoms with Crippen LogP contribution in [0.4, 0.5) is 5.69 Å². The number of hydrogen-bond donors (Lipinski definition) is 1. The lowest BCUT2D eigenvalue weighted by molar-refractivity contribution is 0.102. The second-order valence-electron chi connectivity index (χ2n) is 4.88. The summed E-state index contributed by atoms with van der Waals surface area (Å²) in [5.41, 5.74) is 2.34.